The summed E-state index contributed by atoms with van der Waals surface area (Å²) in [5.41, 5.74) is 6.31. The van der Waals surface area contributed by atoms with Gasteiger partial charge in [0.15, 0.2) is 0 Å². The van der Waals surface area contributed by atoms with Crippen molar-refractivity contribution in [1.82, 2.24) is 9.78 Å². The number of nitrogen functional groups attached to an aromatic ring is 1. The first-order chi connectivity index (χ1) is 8.06. The number of aromatic nitrogens is 2. The van der Waals surface area contributed by atoms with E-state index in [1.54, 1.807) is 17.8 Å². The fourth-order valence-electron chi connectivity index (χ4n) is 1.36. The minimum atomic E-state index is -0.399. The molecule has 1 heterocycles. The Bertz CT molecular complexity index is 522. The molecule has 0 amide bonds. The van der Waals surface area contributed by atoms with Crippen LogP contribution < -0.4 is 10.5 Å². The molecule has 1 aromatic heterocycles. The van der Waals surface area contributed by atoms with Crippen LogP contribution in [0, 0.1) is 5.82 Å². The molecular formula is C11H11ClFN3O. The molecule has 2 aromatic rings. The summed E-state index contributed by atoms with van der Waals surface area (Å²) in [4.78, 5) is 0. The Morgan fingerprint density at radius 3 is 2.82 bits per heavy atom. The Balaban J connectivity index is 2.07. The zero-order valence-electron chi connectivity index (χ0n) is 9.15. The normalized spacial score (nSPS) is 10.5. The third-order valence-corrected chi connectivity index (χ3v) is 2.53. The highest BCUT2D eigenvalue weighted by Gasteiger charge is 2.06. The van der Waals surface area contributed by atoms with E-state index in [0.29, 0.717) is 17.3 Å². The predicted molar refractivity (Wildman–Crippen MR) is 63.4 cm³/mol. The topological polar surface area (TPSA) is 53.1 Å². The maximum absolute atomic E-state index is 12.8. The largest absolute Gasteiger partial charge is 0.486 e. The third kappa shape index (κ3) is 2.68. The van der Waals surface area contributed by atoms with Gasteiger partial charge in [0.1, 0.15) is 29.7 Å². The highest BCUT2D eigenvalue weighted by atomic mass is 35.5. The summed E-state index contributed by atoms with van der Waals surface area (Å²) in [6, 6.07) is 5.67. The minimum absolute atomic E-state index is 0.230. The first kappa shape index (κ1) is 11.7. The lowest BCUT2D eigenvalue weighted by Crippen LogP contribution is -1.99. The summed E-state index contributed by atoms with van der Waals surface area (Å²) in [7, 11) is 1.74. The van der Waals surface area contributed by atoms with Crippen LogP contribution in [0.2, 0.25) is 5.02 Å². The highest BCUT2D eigenvalue weighted by Crippen LogP contribution is 2.25. The molecule has 0 spiro atoms. The van der Waals surface area contributed by atoms with E-state index < -0.39 is 5.82 Å². The maximum Gasteiger partial charge on any atom is 0.138 e. The van der Waals surface area contributed by atoms with Crippen molar-refractivity contribution in [2.45, 2.75) is 6.61 Å². The first-order valence-corrected chi connectivity index (χ1v) is 5.30. The van der Waals surface area contributed by atoms with E-state index in [-0.39, 0.29) is 11.6 Å². The second-order valence-electron chi connectivity index (χ2n) is 3.55. The molecule has 0 aliphatic rings. The average Bonchev–Trinajstić information content (AvgIpc) is 2.57. The number of aryl methyl sites for hydroxylation is 1. The minimum Gasteiger partial charge on any atom is -0.486 e. The molecule has 0 unspecified atom stereocenters. The van der Waals surface area contributed by atoms with Gasteiger partial charge in [-0.15, -0.1) is 0 Å². The Hall–Kier alpha value is -1.75. The molecule has 0 aliphatic carbocycles. The van der Waals surface area contributed by atoms with Gasteiger partial charge in [0, 0.05) is 13.1 Å². The molecule has 90 valence electrons. The molecular weight excluding hydrogens is 245 g/mol. The van der Waals surface area contributed by atoms with Crippen molar-refractivity contribution >= 4 is 17.4 Å². The second kappa shape index (κ2) is 4.63. The lowest BCUT2D eigenvalue weighted by atomic mass is 10.3. The van der Waals surface area contributed by atoms with Gasteiger partial charge < -0.3 is 10.5 Å². The van der Waals surface area contributed by atoms with Crippen LogP contribution >= 0.6 is 11.6 Å². The molecule has 6 heteroatoms. The van der Waals surface area contributed by atoms with Crippen molar-refractivity contribution in [1.29, 1.82) is 0 Å². The maximum atomic E-state index is 12.8. The molecule has 0 saturated heterocycles. The van der Waals surface area contributed by atoms with Crippen molar-refractivity contribution in [3.63, 3.8) is 0 Å². The quantitative estimate of drug-likeness (QED) is 0.916. The molecule has 2 rings (SSSR count). The molecule has 4 nitrogen and oxygen atoms in total. The second-order valence-corrected chi connectivity index (χ2v) is 3.95. The zero-order chi connectivity index (χ0) is 12.4. The van der Waals surface area contributed by atoms with E-state index in [1.165, 1.54) is 18.2 Å². The van der Waals surface area contributed by atoms with Gasteiger partial charge in [-0.2, -0.15) is 5.10 Å². The van der Waals surface area contributed by atoms with Gasteiger partial charge in [-0.05, 0) is 18.2 Å². The third-order valence-electron chi connectivity index (χ3n) is 2.24. The lowest BCUT2D eigenvalue weighted by Gasteiger charge is -2.05. The fraction of sp³-hybridized carbons (Fsp3) is 0.182. The van der Waals surface area contributed by atoms with Crippen molar-refractivity contribution in [2.75, 3.05) is 5.73 Å². The highest BCUT2D eigenvalue weighted by molar-refractivity contribution is 6.32. The number of hydrogen-bond acceptors (Lipinski definition) is 3. The Kier molecular flexibility index (Phi) is 3.19. The van der Waals surface area contributed by atoms with Crippen LogP contribution in [0.1, 0.15) is 5.69 Å². The summed E-state index contributed by atoms with van der Waals surface area (Å²) in [5.74, 6) is 0.565. The number of nitrogens with two attached hydrogens (primary N) is 1. The number of hydrogen-bond donors (Lipinski definition) is 1. The molecule has 0 aliphatic heterocycles. The Morgan fingerprint density at radius 1 is 1.47 bits per heavy atom. The number of benzene rings is 1. The van der Waals surface area contributed by atoms with Crippen LogP contribution in [0.25, 0.3) is 0 Å². The summed E-state index contributed by atoms with van der Waals surface area (Å²) in [6.07, 6.45) is 0. The summed E-state index contributed by atoms with van der Waals surface area (Å²) in [5, 5.41) is 4.35. The van der Waals surface area contributed by atoms with Crippen LogP contribution in [0.5, 0.6) is 5.75 Å². The van der Waals surface area contributed by atoms with Gasteiger partial charge in [-0.1, -0.05) is 11.6 Å². The van der Waals surface area contributed by atoms with Gasteiger partial charge in [-0.3, -0.25) is 4.68 Å². The average molecular weight is 256 g/mol. The van der Waals surface area contributed by atoms with Crippen LogP contribution in [-0.4, -0.2) is 9.78 Å². The van der Waals surface area contributed by atoms with Crippen molar-refractivity contribution in [2.24, 2.45) is 7.05 Å². The van der Waals surface area contributed by atoms with E-state index in [2.05, 4.69) is 5.10 Å². The molecule has 0 atom stereocenters. The number of nitrogens with zero attached hydrogens (tertiary/aromatic N) is 2. The van der Waals surface area contributed by atoms with Crippen molar-refractivity contribution in [3.05, 3.63) is 40.8 Å². The first-order valence-electron chi connectivity index (χ1n) is 4.92. The molecule has 0 fully saturated rings. The Labute approximate surface area is 103 Å². The lowest BCUT2D eigenvalue weighted by molar-refractivity contribution is 0.300. The van der Waals surface area contributed by atoms with Crippen LogP contribution in [0.15, 0.2) is 24.3 Å². The summed E-state index contributed by atoms with van der Waals surface area (Å²) in [6.45, 7) is 0.233. The number of halogens is 2. The van der Waals surface area contributed by atoms with Gasteiger partial charge in [0.25, 0.3) is 0 Å². The van der Waals surface area contributed by atoms with E-state index >= 15 is 0 Å². The van der Waals surface area contributed by atoms with Gasteiger partial charge in [0.05, 0.1) is 5.02 Å². The SMILES string of the molecule is Cn1nc(COc2ccc(F)cc2Cl)cc1N. The van der Waals surface area contributed by atoms with E-state index in [1.807, 2.05) is 0 Å². The van der Waals surface area contributed by atoms with Crippen molar-refractivity contribution < 1.29 is 9.13 Å². The number of anilines is 1. The van der Waals surface area contributed by atoms with E-state index in [0.717, 1.165) is 0 Å². The van der Waals surface area contributed by atoms with Crippen LogP contribution in [0.3, 0.4) is 0 Å². The monoisotopic (exact) mass is 255 g/mol. The Morgan fingerprint density at radius 2 is 2.24 bits per heavy atom. The molecule has 0 saturated carbocycles. The number of rotatable bonds is 3. The molecule has 1 aromatic carbocycles. The molecule has 17 heavy (non-hydrogen) atoms. The van der Waals surface area contributed by atoms with Gasteiger partial charge in [0.2, 0.25) is 0 Å². The smallest absolute Gasteiger partial charge is 0.138 e. The summed E-state index contributed by atoms with van der Waals surface area (Å²) >= 11 is 5.82. The van der Waals surface area contributed by atoms with Crippen LogP contribution in [-0.2, 0) is 13.7 Å². The molecule has 0 radical (unpaired) electrons. The van der Waals surface area contributed by atoms with Gasteiger partial charge in [-0.25, -0.2) is 4.39 Å². The van der Waals surface area contributed by atoms with E-state index in [4.69, 9.17) is 22.1 Å². The van der Waals surface area contributed by atoms with E-state index in [9.17, 15) is 4.39 Å². The molecule has 2 N–H and O–H groups in total. The standard InChI is InChI=1S/C11H11ClFN3O/c1-16-11(14)5-8(15-16)6-17-10-3-2-7(13)4-9(10)12/h2-5H,6,14H2,1H3. The summed E-state index contributed by atoms with van der Waals surface area (Å²) < 4.78 is 19.8. The van der Waals surface area contributed by atoms with Crippen molar-refractivity contribution in [3.8, 4) is 5.75 Å². The molecule has 0 bridgehead atoms. The fourth-order valence-corrected chi connectivity index (χ4v) is 1.58. The zero-order valence-corrected chi connectivity index (χ0v) is 9.91. The van der Waals surface area contributed by atoms with Gasteiger partial charge >= 0.3 is 0 Å². The number of ether oxygens (including phenoxy) is 1. The van der Waals surface area contributed by atoms with Crippen LogP contribution in [0.4, 0.5) is 10.2 Å². The predicted octanol–water partition coefficient (Wildman–Crippen LogP) is 2.37.